The van der Waals surface area contributed by atoms with Crippen LogP contribution < -0.4 is 14.8 Å². The van der Waals surface area contributed by atoms with E-state index in [4.69, 9.17) is 21.7 Å². The molecule has 0 spiro atoms. The topological polar surface area (TPSA) is 64.6 Å². The molecule has 2 rings (SSSR count). The molecule has 1 heterocycles. The third kappa shape index (κ3) is 4.05. The molecule has 0 radical (unpaired) electrons. The molecule has 1 aromatic carbocycles. The fourth-order valence-corrected chi connectivity index (χ4v) is 2.74. The fourth-order valence-electron chi connectivity index (χ4n) is 1.69. The minimum Gasteiger partial charge on any atom is -0.490 e. The van der Waals surface area contributed by atoms with Gasteiger partial charge in [-0.15, -0.1) is 0 Å². The molecular weight excluding hydrogens is 310 g/mol. The highest BCUT2D eigenvalue weighted by Gasteiger charge is 2.22. The Bertz CT molecular complexity index is 640. The van der Waals surface area contributed by atoms with Gasteiger partial charge in [0, 0.05) is 6.92 Å². The first-order valence-corrected chi connectivity index (χ1v) is 7.42. The van der Waals surface area contributed by atoms with Crippen molar-refractivity contribution in [3.63, 3.8) is 0 Å². The van der Waals surface area contributed by atoms with Crippen LogP contribution in [0.2, 0.25) is 0 Å². The van der Waals surface area contributed by atoms with E-state index in [1.54, 1.807) is 24.3 Å². The Labute approximate surface area is 131 Å². The van der Waals surface area contributed by atoms with Crippen molar-refractivity contribution < 1.29 is 19.1 Å². The van der Waals surface area contributed by atoms with Crippen LogP contribution in [0.15, 0.2) is 23.1 Å². The predicted molar refractivity (Wildman–Crippen MR) is 85.2 cm³/mol. The van der Waals surface area contributed by atoms with Gasteiger partial charge in [-0.1, -0.05) is 30.0 Å². The van der Waals surface area contributed by atoms with Crippen LogP contribution in [0.3, 0.4) is 0 Å². The summed E-state index contributed by atoms with van der Waals surface area (Å²) in [7, 11) is 0. The lowest BCUT2D eigenvalue weighted by Gasteiger charge is -2.10. The maximum Gasteiger partial charge on any atom is 0.308 e. The summed E-state index contributed by atoms with van der Waals surface area (Å²) in [6, 6.07) is 5.08. The molecule has 1 aliphatic heterocycles. The quantitative estimate of drug-likeness (QED) is 0.397. The van der Waals surface area contributed by atoms with Crippen molar-refractivity contribution in [2.75, 3.05) is 6.61 Å². The zero-order valence-electron chi connectivity index (χ0n) is 11.5. The Morgan fingerprint density at radius 1 is 1.43 bits per heavy atom. The molecule has 5 nitrogen and oxygen atoms in total. The van der Waals surface area contributed by atoms with Crippen molar-refractivity contribution in [2.45, 2.75) is 13.8 Å². The molecule has 1 aromatic rings. The zero-order valence-corrected chi connectivity index (χ0v) is 13.1. The second kappa shape index (κ2) is 6.73. The molecule has 7 heteroatoms. The molecule has 1 aliphatic rings. The van der Waals surface area contributed by atoms with Gasteiger partial charge in [-0.25, -0.2) is 0 Å². The summed E-state index contributed by atoms with van der Waals surface area (Å²) in [6.07, 6.45) is 1.71. The lowest BCUT2D eigenvalue weighted by molar-refractivity contribution is -0.132. The molecule has 110 valence electrons. The average molecular weight is 323 g/mol. The largest absolute Gasteiger partial charge is 0.490 e. The van der Waals surface area contributed by atoms with E-state index in [0.717, 1.165) is 5.56 Å². The van der Waals surface area contributed by atoms with Gasteiger partial charge >= 0.3 is 5.97 Å². The van der Waals surface area contributed by atoms with Crippen molar-refractivity contribution >= 4 is 46.3 Å². The van der Waals surface area contributed by atoms with Crippen molar-refractivity contribution in [1.82, 2.24) is 5.32 Å². The highest BCUT2D eigenvalue weighted by Crippen LogP contribution is 2.31. The number of carbonyl (C=O) groups excluding carboxylic acids is 2. The smallest absolute Gasteiger partial charge is 0.308 e. The molecule has 0 bridgehead atoms. The summed E-state index contributed by atoms with van der Waals surface area (Å²) in [6.45, 7) is 3.60. The number of ether oxygens (including phenoxy) is 2. The van der Waals surface area contributed by atoms with Gasteiger partial charge in [-0.05, 0) is 30.7 Å². The predicted octanol–water partition coefficient (Wildman–Crippen LogP) is 2.50. The Morgan fingerprint density at radius 2 is 2.19 bits per heavy atom. The van der Waals surface area contributed by atoms with Crippen LogP contribution in [-0.4, -0.2) is 22.8 Å². The molecule has 0 aromatic heterocycles. The number of nitrogens with one attached hydrogen (secondary N) is 1. The van der Waals surface area contributed by atoms with E-state index in [0.29, 0.717) is 27.3 Å². The van der Waals surface area contributed by atoms with Crippen LogP contribution in [0.1, 0.15) is 19.4 Å². The average Bonchev–Trinajstić information content (AvgIpc) is 2.71. The van der Waals surface area contributed by atoms with E-state index in [-0.39, 0.29) is 5.91 Å². The molecule has 1 amide bonds. The Kier molecular flexibility index (Phi) is 4.98. The van der Waals surface area contributed by atoms with Crippen LogP contribution in [0, 0.1) is 0 Å². The van der Waals surface area contributed by atoms with Crippen LogP contribution >= 0.6 is 24.0 Å². The maximum atomic E-state index is 11.6. The number of benzene rings is 1. The number of esters is 1. The fraction of sp³-hybridized carbons (Fsp3) is 0.214. The van der Waals surface area contributed by atoms with Crippen LogP contribution in [0.5, 0.6) is 11.5 Å². The molecule has 1 N–H and O–H groups in total. The van der Waals surface area contributed by atoms with Gasteiger partial charge in [0.2, 0.25) is 0 Å². The van der Waals surface area contributed by atoms with Crippen LogP contribution in [0.25, 0.3) is 6.08 Å². The molecule has 0 saturated carbocycles. The Morgan fingerprint density at radius 3 is 2.76 bits per heavy atom. The highest BCUT2D eigenvalue weighted by atomic mass is 32.2. The molecular formula is C14H13NO4S2. The molecule has 0 atom stereocenters. The summed E-state index contributed by atoms with van der Waals surface area (Å²) in [4.78, 5) is 23.2. The van der Waals surface area contributed by atoms with Gasteiger partial charge in [0.05, 0.1) is 11.5 Å². The van der Waals surface area contributed by atoms with Crippen LogP contribution in [-0.2, 0) is 9.59 Å². The molecule has 21 heavy (non-hydrogen) atoms. The third-order valence-electron chi connectivity index (χ3n) is 2.46. The van der Waals surface area contributed by atoms with E-state index in [1.807, 2.05) is 6.92 Å². The van der Waals surface area contributed by atoms with Crippen molar-refractivity contribution in [3.8, 4) is 11.5 Å². The first kappa shape index (κ1) is 15.5. The van der Waals surface area contributed by atoms with Gasteiger partial charge in [-0.2, -0.15) is 0 Å². The summed E-state index contributed by atoms with van der Waals surface area (Å²) < 4.78 is 11.0. The zero-order chi connectivity index (χ0) is 15.4. The number of hydrogen-bond acceptors (Lipinski definition) is 6. The van der Waals surface area contributed by atoms with E-state index in [1.165, 1.54) is 18.7 Å². The minimum atomic E-state index is -0.418. The first-order valence-electron chi connectivity index (χ1n) is 6.19. The summed E-state index contributed by atoms with van der Waals surface area (Å²) in [5.74, 6) is 0.170. The summed E-state index contributed by atoms with van der Waals surface area (Å²) >= 11 is 6.14. The Hall–Kier alpha value is -1.86. The van der Waals surface area contributed by atoms with Gasteiger partial charge < -0.3 is 14.8 Å². The van der Waals surface area contributed by atoms with Crippen molar-refractivity contribution in [1.29, 1.82) is 0 Å². The second-order valence-electron chi connectivity index (χ2n) is 4.09. The maximum absolute atomic E-state index is 11.6. The number of rotatable bonds is 4. The van der Waals surface area contributed by atoms with E-state index in [2.05, 4.69) is 5.32 Å². The molecule has 0 unspecified atom stereocenters. The normalized spacial score (nSPS) is 16.0. The minimum absolute atomic E-state index is 0.216. The first-order chi connectivity index (χ1) is 9.99. The second-order valence-corrected chi connectivity index (χ2v) is 5.80. The number of thioether (sulfide) groups is 1. The molecule has 1 saturated heterocycles. The monoisotopic (exact) mass is 323 g/mol. The number of carbonyl (C=O) groups is 2. The van der Waals surface area contributed by atoms with Crippen molar-refractivity contribution in [3.05, 3.63) is 28.7 Å². The van der Waals surface area contributed by atoms with E-state index in [9.17, 15) is 9.59 Å². The standard InChI is InChI=1S/C14H13NO4S2/c1-3-18-11-6-9(4-5-10(11)19-8(2)16)7-12-13(17)15-14(20)21-12/h4-7H,3H2,1-2H3,(H,15,17,20). The number of thiocarbonyl (C=S) groups is 1. The summed E-state index contributed by atoms with van der Waals surface area (Å²) in [5.41, 5.74) is 0.761. The highest BCUT2D eigenvalue weighted by molar-refractivity contribution is 8.26. The number of hydrogen-bond donors (Lipinski definition) is 1. The SMILES string of the molecule is CCOc1cc(C=C2SC(=S)NC2=O)ccc1OC(C)=O. The lowest BCUT2D eigenvalue weighted by atomic mass is 10.2. The van der Waals surface area contributed by atoms with Gasteiger partial charge in [0.15, 0.2) is 11.5 Å². The van der Waals surface area contributed by atoms with Gasteiger partial charge in [0.25, 0.3) is 5.91 Å². The molecule has 1 fully saturated rings. The molecule has 0 aliphatic carbocycles. The Balaban J connectivity index is 2.31. The van der Waals surface area contributed by atoms with Crippen LogP contribution in [0.4, 0.5) is 0 Å². The number of amides is 1. The van der Waals surface area contributed by atoms with E-state index >= 15 is 0 Å². The lowest BCUT2D eigenvalue weighted by Crippen LogP contribution is -2.17. The summed E-state index contributed by atoms with van der Waals surface area (Å²) in [5, 5.41) is 2.55. The van der Waals surface area contributed by atoms with E-state index < -0.39 is 5.97 Å². The van der Waals surface area contributed by atoms with Gasteiger partial charge in [0.1, 0.15) is 4.32 Å². The van der Waals surface area contributed by atoms with Gasteiger partial charge in [-0.3, -0.25) is 9.59 Å². The third-order valence-corrected chi connectivity index (χ3v) is 3.62. The van der Waals surface area contributed by atoms with Crippen molar-refractivity contribution in [2.24, 2.45) is 0 Å².